The van der Waals surface area contributed by atoms with Gasteiger partial charge in [0.2, 0.25) is 0 Å². The van der Waals surface area contributed by atoms with E-state index in [1.807, 2.05) is 48.5 Å². The Morgan fingerprint density at radius 1 is 0.962 bits per heavy atom. The van der Waals surface area contributed by atoms with Crippen molar-refractivity contribution < 1.29 is 19.2 Å². The van der Waals surface area contributed by atoms with E-state index < -0.39 is 11.9 Å². The summed E-state index contributed by atoms with van der Waals surface area (Å²) >= 11 is 0. The molecular formula is C20H18N2O4. The summed E-state index contributed by atoms with van der Waals surface area (Å²) in [7, 11) is 0. The highest BCUT2D eigenvalue weighted by Gasteiger charge is 2.43. The van der Waals surface area contributed by atoms with Crippen LogP contribution < -0.4 is 0 Å². The molecule has 0 bridgehead atoms. The van der Waals surface area contributed by atoms with Crippen LogP contribution in [0.4, 0.5) is 0 Å². The van der Waals surface area contributed by atoms with Gasteiger partial charge in [-0.2, -0.15) is 5.06 Å². The molecule has 0 spiro atoms. The Hall–Kier alpha value is -2.99. The molecule has 0 N–H and O–H groups in total. The molecule has 2 aliphatic rings. The van der Waals surface area contributed by atoms with Crippen molar-refractivity contribution in [1.82, 2.24) is 9.96 Å². The average molecular weight is 350 g/mol. The van der Waals surface area contributed by atoms with E-state index in [0.717, 1.165) is 16.2 Å². The Kier molecular flexibility index (Phi) is 4.26. The van der Waals surface area contributed by atoms with Crippen molar-refractivity contribution in [2.75, 3.05) is 0 Å². The minimum atomic E-state index is -0.677. The number of rotatable bonds is 4. The maximum absolute atomic E-state index is 12.8. The number of imide groups is 1. The van der Waals surface area contributed by atoms with E-state index in [2.05, 4.69) is 0 Å². The molecule has 1 saturated heterocycles. The summed E-state index contributed by atoms with van der Waals surface area (Å²) in [5.74, 6) is -1.01. The predicted molar refractivity (Wildman–Crippen MR) is 92.4 cm³/mol. The van der Waals surface area contributed by atoms with Crippen molar-refractivity contribution in [1.29, 1.82) is 0 Å². The lowest BCUT2D eigenvalue weighted by Crippen LogP contribution is -2.54. The highest BCUT2D eigenvalue weighted by atomic mass is 16.7. The van der Waals surface area contributed by atoms with Gasteiger partial charge in [-0.15, -0.1) is 0 Å². The Balaban J connectivity index is 1.49. The SMILES string of the molecule is O=C1CCC(N2Cc3ccccc3C2=O)C(=O)N1OCc1ccccc1. The third-order valence-corrected chi connectivity index (χ3v) is 4.77. The van der Waals surface area contributed by atoms with Crippen LogP contribution in [-0.4, -0.2) is 33.7 Å². The molecule has 0 radical (unpaired) electrons. The minimum absolute atomic E-state index is 0.124. The summed E-state index contributed by atoms with van der Waals surface area (Å²) in [5.41, 5.74) is 2.38. The molecule has 26 heavy (non-hydrogen) atoms. The summed E-state index contributed by atoms with van der Waals surface area (Å²) in [6, 6.07) is 16.0. The second kappa shape index (κ2) is 6.72. The van der Waals surface area contributed by atoms with Crippen molar-refractivity contribution in [3.8, 4) is 0 Å². The monoisotopic (exact) mass is 350 g/mol. The van der Waals surface area contributed by atoms with Gasteiger partial charge in [-0.3, -0.25) is 19.2 Å². The first-order valence-corrected chi connectivity index (χ1v) is 8.57. The van der Waals surface area contributed by atoms with Crippen LogP contribution in [0.25, 0.3) is 0 Å². The lowest BCUT2D eigenvalue weighted by atomic mass is 10.0. The lowest BCUT2D eigenvalue weighted by molar-refractivity contribution is -0.207. The maximum atomic E-state index is 12.8. The molecule has 1 atom stereocenters. The molecule has 0 aromatic heterocycles. The first-order chi connectivity index (χ1) is 12.6. The summed E-state index contributed by atoms with van der Waals surface area (Å²) in [4.78, 5) is 44.7. The van der Waals surface area contributed by atoms with Gasteiger partial charge < -0.3 is 4.90 Å². The van der Waals surface area contributed by atoms with E-state index in [9.17, 15) is 14.4 Å². The summed E-state index contributed by atoms with van der Waals surface area (Å²) in [5, 5.41) is 0.831. The van der Waals surface area contributed by atoms with Gasteiger partial charge in [0.1, 0.15) is 12.6 Å². The Bertz CT molecular complexity index is 865. The van der Waals surface area contributed by atoms with Crippen LogP contribution in [0.2, 0.25) is 0 Å². The van der Waals surface area contributed by atoms with Gasteiger partial charge in [-0.05, 0) is 23.6 Å². The number of fused-ring (bicyclic) bond motifs is 1. The molecule has 4 rings (SSSR count). The van der Waals surface area contributed by atoms with Crippen molar-refractivity contribution >= 4 is 17.7 Å². The van der Waals surface area contributed by atoms with Gasteiger partial charge in [-0.25, -0.2) is 0 Å². The number of amides is 3. The summed E-state index contributed by atoms with van der Waals surface area (Å²) in [6.45, 7) is 0.505. The minimum Gasteiger partial charge on any atom is -0.322 e. The molecular weight excluding hydrogens is 332 g/mol. The average Bonchev–Trinajstić information content (AvgIpc) is 2.99. The largest absolute Gasteiger partial charge is 0.322 e. The number of carbonyl (C=O) groups excluding carboxylic acids is 3. The topological polar surface area (TPSA) is 66.9 Å². The normalized spacial score (nSPS) is 19.8. The Labute approximate surface area is 150 Å². The number of piperidine rings is 1. The Morgan fingerprint density at radius 2 is 1.69 bits per heavy atom. The number of hydroxylamine groups is 2. The summed E-state index contributed by atoms with van der Waals surface area (Å²) < 4.78 is 0. The number of benzene rings is 2. The van der Waals surface area contributed by atoms with E-state index in [1.54, 1.807) is 6.07 Å². The number of hydrogen-bond acceptors (Lipinski definition) is 4. The molecule has 0 saturated carbocycles. The van der Waals surface area contributed by atoms with E-state index in [0.29, 0.717) is 18.5 Å². The molecule has 6 nitrogen and oxygen atoms in total. The molecule has 3 amide bonds. The van der Waals surface area contributed by atoms with Crippen molar-refractivity contribution in [2.24, 2.45) is 0 Å². The van der Waals surface area contributed by atoms with Crippen LogP contribution in [0, 0.1) is 0 Å². The number of hydrogen-bond donors (Lipinski definition) is 0. The molecule has 2 aromatic rings. The molecule has 1 fully saturated rings. The molecule has 2 aromatic carbocycles. The van der Waals surface area contributed by atoms with Gasteiger partial charge >= 0.3 is 0 Å². The number of nitrogens with zero attached hydrogens (tertiary/aromatic N) is 2. The van der Waals surface area contributed by atoms with Crippen molar-refractivity contribution in [3.05, 3.63) is 71.3 Å². The third-order valence-electron chi connectivity index (χ3n) is 4.77. The van der Waals surface area contributed by atoms with Crippen LogP contribution in [0.15, 0.2) is 54.6 Å². The zero-order valence-corrected chi connectivity index (χ0v) is 14.1. The predicted octanol–water partition coefficient (Wildman–Crippen LogP) is 2.29. The van der Waals surface area contributed by atoms with Gasteiger partial charge in [-0.1, -0.05) is 48.5 Å². The quantitative estimate of drug-likeness (QED) is 0.794. The Morgan fingerprint density at radius 3 is 2.46 bits per heavy atom. The van der Waals surface area contributed by atoms with Gasteiger partial charge in [0.15, 0.2) is 0 Å². The lowest BCUT2D eigenvalue weighted by Gasteiger charge is -2.34. The first kappa shape index (κ1) is 16.5. The molecule has 132 valence electrons. The van der Waals surface area contributed by atoms with Gasteiger partial charge in [0.25, 0.3) is 17.7 Å². The van der Waals surface area contributed by atoms with E-state index in [4.69, 9.17) is 4.84 Å². The van der Waals surface area contributed by atoms with E-state index in [-0.39, 0.29) is 24.8 Å². The van der Waals surface area contributed by atoms with Crippen molar-refractivity contribution in [2.45, 2.75) is 32.0 Å². The van der Waals surface area contributed by atoms with Crippen LogP contribution in [-0.2, 0) is 27.6 Å². The zero-order valence-electron chi connectivity index (χ0n) is 14.1. The van der Waals surface area contributed by atoms with Crippen LogP contribution in [0.3, 0.4) is 0 Å². The van der Waals surface area contributed by atoms with Gasteiger partial charge in [0, 0.05) is 18.5 Å². The standard InChI is InChI=1S/C20H18N2O4/c23-18-11-10-17(21-12-15-8-4-5-9-16(15)19(21)24)20(25)22(18)26-13-14-6-2-1-3-7-14/h1-9,17H,10-13H2. The van der Waals surface area contributed by atoms with Crippen LogP contribution in [0.5, 0.6) is 0 Å². The maximum Gasteiger partial charge on any atom is 0.276 e. The molecule has 1 unspecified atom stereocenters. The highest BCUT2D eigenvalue weighted by Crippen LogP contribution is 2.29. The molecule has 0 aliphatic carbocycles. The fourth-order valence-corrected chi connectivity index (χ4v) is 3.41. The molecule has 6 heteroatoms. The fraction of sp³-hybridized carbons (Fsp3) is 0.250. The zero-order chi connectivity index (χ0) is 18.1. The fourth-order valence-electron chi connectivity index (χ4n) is 3.41. The van der Waals surface area contributed by atoms with E-state index >= 15 is 0 Å². The van der Waals surface area contributed by atoms with Crippen LogP contribution >= 0.6 is 0 Å². The first-order valence-electron chi connectivity index (χ1n) is 8.57. The van der Waals surface area contributed by atoms with Crippen molar-refractivity contribution in [3.63, 3.8) is 0 Å². The molecule has 2 aliphatic heterocycles. The van der Waals surface area contributed by atoms with Gasteiger partial charge in [0.05, 0.1) is 0 Å². The summed E-state index contributed by atoms with van der Waals surface area (Å²) in [6.07, 6.45) is 0.494. The van der Waals surface area contributed by atoms with E-state index in [1.165, 1.54) is 4.90 Å². The van der Waals surface area contributed by atoms with Crippen LogP contribution in [0.1, 0.15) is 34.3 Å². The third kappa shape index (κ3) is 2.88. The smallest absolute Gasteiger partial charge is 0.276 e. The molecule has 2 heterocycles. The second-order valence-electron chi connectivity index (χ2n) is 6.43. The highest BCUT2D eigenvalue weighted by molar-refractivity contribution is 6.04. The number of carbonyl (C=O) groups is 3. The second-order valence-corrected chi connectivity index (χ2v) is 6.43.